The van der Waals surface area contributed by atoms with Gasteiger partial charge in [-0.3, -0.25) is 0 Å². The van der Waals surface area contributed by atoms with Gasteiger partial charge in [0.15, 0.2) is 5.96 Å². The fourth-order valence-electron chi connectivity index (χ4n) is 2.50. The predicted molar refractivity (Wildman–Crippen MR) is 124 cm³/mol. The smallest absolute Gasteiger partial charge is 0.213 e. The Bertz CT molecular complexity index is 736. The molecule has 2 aromatic heterocycles. The van der Waals surface area contributed by atoms with Gasteiger partial charge in [-0.2, -0.15) is 0 Å². The van der Waals surface area contributed by atoms with E-state index in [-0.39, 0.29) is 24.0 Å². The summed E-state index contributed by atoms with van der Waals surface area (Å²) in [5.41, 5.74) is 2.13. The predicted octanol–water partition coefficient (Wildman–Crippen LogP) is 3.31. The van der Waals surface area contributed by atoms with Crippen LogP contribution in [0.25, 0.3) is 0 Å². The lowest BCUT2D eigenvalue weighted by molar-refractivity contribution is 0.143. The highest BCUT2D eigenvalue weighted by molar-refractivity contribution is 14.0. The first-order valence-electron chi connectivity index (χ1n) is 8.90. The lowest BCUT2D eigenvalue weighted by Gasteiger charge is -2.22. The summed E-state index contributed by atoms with van der Waals surface area (Å²) in [6, 6.07) is 5.79. The molecule has 1 N–H and O–H groups in total. The number of aliphatic imine (C=N–C) groups is 1. The highest BCUT2D eigenvalue weighted by Crippen LogP contribution is 2.14. The van der Waals surface area contributed by atoms with Gasteiger partial charge in [-0.05, 0) is 18.6 Å². The van der Waals surface area contributed by atoms with E-state index in [4.69, 9.17) is 26.1 Å². The van der Waals surface area contributed by atoms with Gasteiger partial charge in [0.2, 0.25) is 5.88 Å². The minimum Gasteiger partial charge on any atom is -0.475 e. The summed E-state index contributed by atoms with van der Waals surface area (Å²) in [5.74, 6) is 1.42. The number of ether oxygens (including phenoxy) is 2. The molecule has 7 nitrogen and oxygen atoms in total. The second-order valence-electron chi connectivity index (χ2n) is 6.13. The van der Waals surface area contributed by atoms with Crippen molar-refractivity contribution in [1.82, 2.24) is 19.8 Å². The van der Waals surface area contributed by atoms with E-state index in [1.54, 1.807) is 13.3 Å². The molecule has 0 fully saturated rings. The van der Waals surface area contributed by atoms with Gasteiger partial charge in [-0.25, -0.2) is 9.98 Å². The fourth-order valence-corrected chi connectivity index (χ4v) is 2.77. The van der Waals surface area contributed by atoms with Crippen LogP contribution in [0.4, 0.5) is 0 Å². The molecule has 0 atom stereocenters. The molecule has 0 aliphatic carbocycles. The molecule has 0 saturated heterocycles. The van der Waals surface area contributed by atoms with Gasteiger partial charge < -0.3 is 24.3 Å². The van der Waals surface area contributed by atoms with Crippen molar-refractivity contribution in [2.45, 2.75) is 20.0 Å². The Labute approximate surface area is 189 Å². The van der Waals surface area contributed by atoms with E-state index < -0.39 is 0 Å². The van der Waals surface area contributed by atoms with Crippen LogP contribution in [-0.4, -0.2) is 54.3 Å². The molecule has 0 saturated carbocycles. The number of aromatic nitrogens is 2. The zero-order valence-electron chi connectivity index (χ0n) is 16.8. The number of nitrogens with zero attached hydrogens (tertiary/aromatic N) is 4. The molecule has 2 rings (SSSR count). The van der Waals surface area contributed by atoms with Crippen LogP contribution in [0.3, 0.4) is 0 Å². The van der Waals surface area contributed by atoms with Crippen LogP contribution in [0.5, 0.6) is 5.88 Å². The second kappa shape index (κ2) is 12.8. The molecule has 0 aliphatic heterocycles. The largest absolute Gasteiger partial charge is 0.475 e. The normalized spacial score (nSPS) is 11.1. The first kappa shape index (κ1) is 24.5. The van der Waals surface area contributed by atoms with Gasteiger partial charge in [0.05, 0.1) is 24.7 Å². The highest BCUT2D eigenvalue weighted by atomic mass is 127. The van der Waals surface area contributed by atoms with E-state index in [0.29, 0.717) is 32.2 Å². The van der Waals surface area contributed by atoms with Crippen molar-refractivity contribution in [3.63, 3.8) is 0 Å². The summed E-state index contributed by atoms with van der Waals surface area (Å²) in [6.45, 7) is 5.11. The van der Waals surface area contributed by atoms with Gasteiger partial charge in [-0.15, -0.1) is 24.0 Å². The van der Waals surface area contributed by atoms with Gasteiger partial charge in [0.25, 0.3) is 0 Å². The zero-order valence-corrected chi connectivity index (χ0v) is 19.9. The Balaban J connectivity index is 0.00000392. The Kier molecular flexibility index (Phi) is 11.2. The maximum absolute atomic E-state index is 6.07. The second-order valence-corrected chi connectivity index (χ2v) is 6.57. The molecule has 0 aliphatic rings. The molecule has 0 aromatic carbocycles. The lowest BCUT2D eigenvalue weighted by atomic mass is 10.3. The minimum absolute atomic E-state index is 0. The van der Waals surface area contributed by atoms with Crippen LogP contribution in [0, 0.1) is 0 Å². The average Bonchev–Trinajstić information content (AvgIpc) is 2.97. The molecule has 2 aromatic rings. The molecule has 0 radical (unpaired) electrons. The van der Waals surface area contributed by atoms with Crippen molar-refractivity contribution in [1.29, 1.82) is 0 Å². The number of nitrogens with one attached hydrogen (secondary N) is 1. The number of pyridine rings is 1. The van der Waals surface area contributed by atoms with Crippen LogP contribution in [-0.2, 0) is 24.9 Å². The maximum Gasteiger partial charge on any atom is 0.213 e. The van der Waals surface area contributed by atoms with Crippen LogP contribution in [0.1, 0.15) is 18.2 Å². The average molecular weight is 522 g/mol. The quantitative estimate of drug-likeness (QED) is 0.237. The van der Waals surface area contributed by atoms with Crippen LogP contribution in [0.15, 0.2) is 35.6 Å². The van der Waals surface area contributed by atoms with Gasteiger partial charge in [-0.1, -0.05) is 17.7 Å². The molecule has 0 spiro atoms. The van der Waals surface area contributed by atoms with E-state index in [9.17, 15) is 0 Å². The number of methoxy groups -OCH3 is 1. The number of hydrogen-bond donors (Lipinski definition) is 1. The number of rotatable bonds is 9. The summed E-state index contributed by atoms with van der Waals surface area (Å²) in [6.07, 6.45) is 3.68. The third kappa shape index (κ3) is 7.84. The van der Waals surface area contributed by atoms with Gasteiger partial charge in [0.1, 0.15) is 6.61 Å². The van der Waals surface area contributed by atoms with E-state index in [1.165, 1.54) is 0 Å². The van der Waals surface area contributed by atoms with Crippen molar-refractivity contribution in [2.75, 3.05) is 33.9 Å². The highest BCUT2D eigenvalue weighted by Gasteiger charge is 2.10. The van der Waals surface area contributed by atoms with Gasteiger partial charge in [0, 0.05) is 51.9 Å². The Morgan fingerprint density at radius 1 is 1.36 bits per heavy atom. The Morgan fingerprint density at radius 2 is 2.14 bits per heavy atom. The molecular weight excluding hydrogens is 493 g/mol. The Hall–Kier alpha value is -1.52. The SMILES string of the molecule is CCNC(=NCc1ccc(OCCOC)nc1)N(C)Cc1cc(Cl)cn1C.I. The summed E-state index contributed by atoms with van der Waals surface area (Å²) in [5, 5.41) is 4.06. The molecule has 28 heavy (non-hydrogen) atoms. The number of halogens is 2. The molecule has 0 unspecified atom stereocenters. The Morgan fingerprint density at radius 3 is 2.71 bits per heavy atom. The topological polar surface area (TPSA) is 63.9 Å². The first-order chi connectivity index (χ1) is 13.0. The zero-order chi connectivity index (χ0) is 19.6. The van der Waals surface area contributed by atoms with Gasteiger partial charge >= 0.3 is 0 Å². The third-order valence-electron chi connectivity index (χ3n) is 3.92. The monoisotopic (exact) mass is 521 g/mol. The summed E-state index contributed by atoms with van der Waals surface area (Å²) < 4.78 is 12.5. The van der Waals surface area contributed by atoms with Crippen LogP contribution in [0.2, 0.25) is 5.02 Å². The maximum atomic E-state index is 6.07. The van der Waals surface area contributed by atoms with E-state index in [2.05, 4.69) is 22.1 Å². The summed E-state index contributed by atoms with van der Waals surface area (Å²) >= 11 is 6.07. The number of hydrogen-bond acceptors (Lipinski definition) is 4. The molecule has 0 amide bonds. The molecule has 156 valence electrons. The molecular formula is C19H29ClIN5O2. The summed E-state index contributed by atoms with van der Waals surface area (Å²) in [7, 11) is 5.64. The van der Waals surface area contributed by atoms with Crippen molar-refractivity contribution >= 4 is 41.5 Å². The number of aryl methyl sites for hydroxylation is 1. The molecule has 2 heterocycles. The van der Waals surface area contributed by atoms with Crippen LogP contribution >= 0.6 is 35.6 Å². The minimum atomic E-state index is 0. The number of guanidine groups is 1. The van der Waals surface area contributed by atoms with Crippen LogP contribution < -0.4 is 10.1 Å². The third-order valence-corrected chi connectivity index (χ3v) is 4.12. The van der Waals surface area contributed by atoms with E-state index >= 15 is 0 Å². The standard InChI is InChI=1S/C19H28ClN5O2.HI/c1-5-21-19(25(3)14-17-10-16(20)13-24(17)2)23-12-15-6-7-18(22-11-15)27-9-8-26-4;/h6-7,10-11,13H,5,8-9,12,14H2,1-4H3,(H,21,23);1H. The van der Waals surface area contributed by atoms with E-state index in [0.717, 1.165) is 28.8 Å². The first-order valence-corrected chi connectivity index (χ1v) is 9.28. The fraction of sp³-hybridized carbons (Fsp3) is 0.474. The van der Waals surface area contributed by atoms with Crippen molar-refractivity contribution in [3.8, 4) is 5.88 Å². The molecule has 9 heteroatoms. The van der Waals surface area contributed by atoms with Crippen molar-refractivity contribution in [2.24, 2.45) is 12.0 Å². The van der Waals surface area contributed by atoms with E-state index in [1.807, 2.05) is 43.1 Å². The summed E-state index contributed by atoms with van der Waals surface area (Å²) in [4.78, 5) is 11.1. The van der Waals surface area contributed by atoms with Crippen molar-refractivity contribution in [3.05, 3.63) is 46.9 Å². The van der Waals surface area contributed by atoms with Crippen molar-refractivity contribution < 1.29 is 9.47 Å². The lowest BCUT2D eigenvalue weighted by Crippen LogP contribution is -2.38. The molecule has 0 bridgehead atoms.